The van der Waals surface area contributed by atoms with Crippen LogP contribution in [0.2, 0.25) is 0 Å². The monoisotopic (exact) mass is 221 g/mol. The van der Waals surface area contributed by atoms with Gasteiger partial charge in [0, 0.05) is 18.9 Å². The quantitative estimate of drug-likeness (QED) is 0.852. The molecule has 0 unspecified atom stereocenters. The van der Waals surface area contributed by atoms with Gasteiger partial charge in [-0.15, -0.1) is 0 Å². The van der Waals surface area contributed by atoms with Crippen molar-refractivity contribution in [1.29, 1.82) is 0 Å². The van der Waals surface area contributed by atoms with Crippen LogP contribution in [-0.4, -0.2) is 22.1 Å². The van der Waals surface area contributed by atoms with Gasteiger partial charge in [0.25, 0.3) is 0 Å². The highest BCUT2D eigenvalue weighted by Gasteiger charge is 2.32. The molecule has 1 aromatic heterocycles. The van der Waals surface area contributed by atoms with Crippen molar-refractivity contribution in [3.8, 4) is 0 Å². The molecular formula is C12H19N3O. The third kappa shape index (κ3) is 2.26. The van der Waals surface area contributed by atoms with Crippen LogP contribution in [0.5, 0.6) is 0 Å². The fourth-order valence-corrected chi connectivity index (χ4v) is 2.51. The van der Waals surface area contributed by atoms with E-state index in [-0.39, 0.29) is 6.03 Å². The summed E-state index contributed by atoms with van der Waals surface area (Å²) in [6.07, 6.45) is 11.1. The minimum absolute atomic E-state index is 0.0720. The Bertz CT molecular complexity index is 339. The van der Waals surface area contributed by atoms with E-state index in [2.05, 4.69) is 17.2 Å². The number of carbonyl (C=O) groups is 1. The zero-order chi connectivity index (χ0) is 11.4. The Morgan fingerprint density at radius 2 is 2.25 bits per heavy atom. The number of hydrogen-bond donors (Lipinski definition) is 1. The van der Waals surface area contributed by atoms with E-state index >= 15 is 0 Å². The average Bonchev–Trinajstić information content (AvgIpc) is 2.98. The Morgan fingerprint density at radius 1 is 1.50 bits per heavy atom. The van der Waals surface area contributed by atoms with E-state index in [1.54, 1.807) is 12.4 Å². The lowest BCUT2D eigenvalue weighted by Gasteiger charge is -2.27. The molecule has 1 aromatic rings. The minimum atomic E-state index is -0.0720. The first kappa shape index (κ1) is 11.2. The number of rotatable bonds is 3. The highest BCUT2D eigenvalue weighted by atomic mass is 16.2. The van der Waals surface area contributed by atoms with Gasteiger partial charge in [-0.1, -0.05) is 19.8 Å². The second kappa shape index (κ2) is 4.68. The fraction of sp³-hybridized carbons (Fsp3) is 0.667. The average molecular weight is 221 g/mol. The summed E-state index contributed by atoms with van der Waals surface area (Å²) in [5.74, 6) is 0. The number of hydrogen-bond acceptors (Lipinski definition) is 2. The molecule has 4 nitrogen and oxygen atoms in total. The van der Waals surface area contributed by atoms with Gasteiger partial charge in [-0.3, -0.25) is 4.57 Å². The Morgan fingerprint density at radius 3 is 2.81 bits per heavy atom. The maximum Gasteiger partial charge on any atom is 0.326 e. The summed E-state index contributed by atoms with van der Waals surface area (Å²) in [4.78, 5) is 15.6. The number of carbonyl (C=O) groups excluding carboxylic acids is 1. The van der Waals surface area contributed by atoms with E-state index in [1.807, 2.05) is 0 Å². The lowest BCUT2D eigenvalue weighted by Crippen LogP contribution is -2.37. The van der Waals surface area contributed by atoms with Crippen molar-refractivity contribution < 1.29 is 4.79 Å². The van der Waals surface area contributed by atoms with E-state index in [0.717, 1.165) is 13.0 Å². The fourth-order valence-electron chi connectivity index (χ4n) is 2.51. The summed E-state index contributed by atoms with van der Waals surface area (Å²) in [6, 6.07) is -0.0720. The number of amides is 1. The Kier molecular flexibility index (Phi) is 3.27. The van der Waals surface area contributed by atoms with Gasteiger partial charge in [0.2, 0.25) is 0 Å². The molecule has 0 bridgehead atoms. The van der Waals surface area contributed by atoms with Crippen LogP contribution < -0.4 is 5.32 Å². The molecule has 1 aliphatic rings. The largest absolute Gasteiger partial charge is 0.337 e. The van der Waals surface area contributed by atoms with Gasteiger partial charge in [-0.2, -0.15) is 0 Å². The molecule has 1 heterocycles. The van der Waals surface area contributed by atoms with Gasteiger partial charge in [0.15, 0.2) is 0 Å². The zero-order valence-electron chi connectivity index (χ0n) is 9.78. The summed E-state index contributed by atoms with van der Waals surface area (Å²) in [5, 5.41) is 3.00. The summed E-state index contributed by atoms with van der Waals surface area (Å²) >= 11 is 0. The van der Waals surface area contributed by atoms with Crippen molar-refractivity contribution in [2.45, 2.75) is 39.0 Å². The summed E-state index contributed by atoms with van der Waals surface area (Å²) in [6.45, 7) is 3.01. The van der Waals surface area contributed by atoms with Crippen LogP contribution in [0.4, 0.5) is 4.79 Å². The van der Waals surface area contributed by atoms with E-state index in [1.165, 1.54) is 36.6 Å². The first-order valence-corrected chi connectivity index (χ1v) is 6.02. The highest BCUT2D eigenvalue weighted by Crippen LogP contribution is 2.40. The molecule has 4 heteroatoms. The Balaban J connectivity index is 1.89. The van der Waals surface area contributed by atoms with Crippen LogP contribution in [0.1, 0.15) is 39.0 Å². The molecular weight excluding hydrogens is 202 g/mol. The molecule has 88 valence electrons. The van der Waals surface area contributed by atoms with Crippen LogP contribution in [0.3, 0.4) is 0 Å². The predicted octanol–water partition coefficient (Wildman–Crippen LogP) is 2.41. The van der Waals surface area contributed by atoms with Crippen molar-refractivity contribution in [2.75, 3.05) is 6.54 Å². The van der Waals surface area contributed by atoms with Crippen molar-refractivity contribution in [3.05, 3.63) is 18.7 Å². The van der Waals surface area contributed by atoms with E-state index in [0.29, 0.717) is 5.41 Å². The van der Waals surface area contributed by atoms with Gasteiger partial charge < -0.3 is 5.32 Å². The van der Waals surface area contributed by atoms with E-state index in [4.69, 9.17) is 0 Å². The van der Waals surface area contributed by atoms with Crippen LogP contribution in [-0.2, 0) is 0 Å². The first-order chi connectivity index (χ1) is 7.76. The molecule has 2 rings (SSSR count). The van der Waals surface area contributed by atoms with Gasteiger partial charge in [0.1, 0.15) is 6.33 Å². The van der Waals surface area contributed by atoms with Crippen molar-refractivity contribution in [1.82, 2.24) is 14.9 Å². The normalized spacial score (nSPS) is 18.6. The third-order valence-electron chi connectivity index (χ3n) is 3.77. The molecule has 1 fully saturated rings. The molecule has 1 amide bonds. The maximum absolute atomic E-state index is 11.7. The minimum Gasteiger partial charge on any atom is -0.337 e. The Hall–Kier alpha value is -1.32. The van der Waals surface area contributed by atoms with Crippen molar-refractivity contribution in [2.24, 2.45) is 5.41 Å². The molecule has 0 spiro atoms. The molecule has 1 saturated carbocycles. The molecule has 0 aromatic carbocycles. The highest BCUT2D eigenvalue weighted by molar-refractivity contribution is 5.76. The summed E-state index contributed by atoms with van der Waals surface area (Å²) in [7, 11) is 0. The summed E-state index contributed by atoms with van der Waals surface area (Å²) < 4.78 is 1.48. The lowest BCUT2D eigenvalue weighted by atomic mass is 9.83. The van der Waals surface area contributed by atoms with Crippen LogP contribution in [0.25, 0.3) is 0 Å². The standard InChI is InChI=1S/C12H19N3O/c1-2-12(5-3-4-6-12)9-14-11(16)15-8-7-13-10-15/h7-8,10H,2-6,9H2,1H3,(H,14,16). The first-order valence-electron chi connectivity index (χ1n) is 6.02. The second-order valence-corrected chi connectivity index (χ2v) is 4.69. The third-order valence-corrected chi connectivity index (χ3v) is 3.77. The predicted molar refractivity (Wildman–Crippen MR) is 62.2 cm³/mol. The van der Waals surface area contributed by atoms with Crippen LogP contribution in [0, 0.1) is 5.41 Å². The molecule has 0 aliphatic heterocycles. The Labute approximate surface area is 96.1 Å². The molecule has 0 saturated heterocycles. The van der Waals surface area contributed by atoms with Gasteiger partial charge in [-0.25, -0.2) is 9.78 Å². The topological polar surface area (TPSA) is 46.9 Å². The smallest absolute Gasteiger partial charge is 0.326 e. The van der Waals surface area contributed by atoms with E-state index < -0.39 is 0 Å². The van der Waals surface area contributed by atoms with Crippen LogP contribution >= 0.6 is 0 Å². The molecule has 1 N–H and O–H groups in total. The van der Waals surface area contributed by atoms with E-state index in [9.17, 15) is 4.79 Å². The maximum atomic E-state index is 11.7. The molecule has 16 heavy (non-hydrogen) atoms. The van der Waals surface area contributed by atoms with Gasteiger partial charge in [0.05, 0.1) is 0 Å². The molecule has 1 aliphatic carbocycles. The van der Waals surface area contributed by atoms with Gasteiger partial charge in [-0.05, 0) is 24.7 Å². The lowest BCUT2D eigenvalue weighted by molar-refractivity contribution is 0.226. The number of nitrogens with zero attached hydrogens (tertiary/aromatic N) is 2. The molecule has 0 radical (unpaired) electrons. The van der Waals surface area contributed by atoms with Crippen molar-refractivity contribution >= 4 is 6.03 Å². The number of aromatic nitrogens is 2. The molecule has 0 atom stereocenters. The van der Waals surface area contributed by atoms with Crippen LogP contribution in [0.15, 0.2) is 18.7 Å². The number of nitrogens with one attached hydrogen (secondary N) is 1. The zero-order valence-corrected chi connectivity index (χ0v) is 9.78. The second-order valence-electron chi connectivity index (χ2n) is 4.69. The number of imidazole rings is 1. The SMILES string of the molecule is CCC1(CNC(=O)n2ccnc2)CCCC1. The van der Waals surface area contributed by atoms with Crippen molar-refractivity contribution in [3.63, 3.8) is 0 Å². The summed E-state index contributed by atoms with van der Waals surface area (Å²) in [5.41, 5.74) is 0.343. The van der Waals surface area contributed by atoms with Gasteiger partial charge >= 0.3 is 6.03 Å².